The molecule has 1 aliphatic carbocycles. The Morgan fingerprint density at radius 1 is 1.38 bits per heavy atom. The third kappa shape index (κ3) is 2.85. The summed E-state index contributed by atoms with van der Waals surface area (Å²) in [7, 11) is 0. The first-order valence-electron chi connectivity index (χ1n) is 6.45. The van der Waals surface area contributed by atoms with E-state index in [-0.39, 0.29) is 0 Å². The first-order chi connectivity index (χ1) is 7.79. The van der Waals surface area contributed by atoms with Crippen LogP contribution in [0.4, 0.5) is 0 Å². The van der Waals surface area contributed by atoms with E-state index in [1.165, 1.54) is 25.7 Å². The van der Waals surface area contributed by atoms with Gasteiger partial charge in [-0.05, 0) is 25.3 Å². The lowest BCUT2D eigenvalue weighted by Gasteiger charge is -2.24. The SMILES string of the molecule is CCNCc1ncc(C2CCC(C)CC2)o1. The third-order valence-electron chi connectivity index (χ3n) is 3.52. The van der Waals surface area contributed by atoms with Crippen LogP contribution in [-0.2, 0) is 6.54 Å². The van der Waals surface area contributed by atoms with Gasteiger partial charge in [-0.1, -0.05) is 26.7 Å². The number of nitrogens with one attached hydrogen (secondary N) is 1. The van der Waals surface area contributed by atoms with Crippen molar-refractivity contribution in [3.8, 4) is 0 Å². The largest absolute Gasteiger partial charge is 0.444 e. The van der Waals surface area contributed by atoms with E-state index in [2.05, 4.69) is 24.1 Å². The van der Waals surface area contributed by atoms with E-state index in [1.54, 1.807) is 0 Å². The molecule has 0 spiro atoms. The fraction of sp³-hybridized carbons (Fsp3) is 0.769. The van der Waals surface area contributed by atoms with Gasteiger partial charge in [-0.25, -0.2) is 4.98 Å². The van der Waals surface area contributed by atoms with Crippen LogP contribution in [0.2, 0.25) is 0 Å². The molecule has 0 unspecified atom stereocenters. The molecule has 1 saturated carbocycles. The van der Waals surface area contributed by atoms with Crippen LogP contribution in [0, 0.1) is 5.92 Å². The molecule has 1 aliphatic rings. The molecule has 0 atom stereocenters. The lowest BCUT2D eigenvalue weighted by molar-refractivity contribution is 0.307. The highest BCUT2D eigenvalue weighted by Gasteiger charge is 2.22. The van der Waals surface area contributed by atoms with Crippen LogP contribution in [0.3, 0.4) is 0 Å². The van der Waals surface area contributed by atoms with E-state index >= 15 is 0 Å². The van der Waals surface area contributed by atoms with Crippen molar-refractivity contribution in [2.75, 3.05) is 6.54 Å². The minimum absolute atomic E-state index is 0.610. The van der Waals surface area contributed by atoms with Gasteiger partial charge in [-0.2, -0.15) is 0 Å². The van der Waals surface area contributed by atoms with E-state index in [0.29, 0.717) is 5.92 Å². The van der Waals surface area contributed by atoms with E-state index in [1.807, 2.05) is 6.20 Å². The number of oxazole rings is 1. The van der Waals surface area contributed by atoms with Crippen molar-refractivity contribution in [3.05, 3.63) is 17.8 Å². The molecule has 1 fully saturated rings. The van der Waals surface area contributed by atoms with Gasteiger partial charge >= 0.3 is 0 Å². The molecule has 3 nitrogen and oxygen atoms in total. The van der Waals surface area contributed by atoms with Gasteiger partial charge in [0.05, 0.1) is 12.7 Å². The Bertz CT molecular complexity index is 313. The maximum atomic E-state index is 5.79. The molecule has 90 valence electrons. The van der Waals surface area contributed by atoms with E-state index in [4.69, 9.17) is 4.42 Å². The van der Waals surface area contributed by atoms with Crippen molar-refractivity contribution >= 4 is 0 Å². The summed E-state index contributed by atoms with van der Waals surface area (Å²) >= 11 is 0. The van der Waals surface area contributed by atoms with Crippen LogP contribution in [-0.4, -0.2) is 11.5 Å². The summed E-state index contributed by atoms with van der Waals surface area (Å²) in [5.74, 6) is 3.43. The Morgan fingerprint density at radius 2 is 2.12 bits per heavy atom. The normalized spacial score (nSPS) is 25.9. The molecule has 1 N–H and O–H groups in total. The summed E-state index contributed by atoms with van der Waals surface area (Å²) in [6.07, 6.45) is 7.10. The minimum atomic E-state index is 0.610. The van der Waals surface area contributed by atoms with Crippen molar-refractivity contribution in [2.45, 2.75) is 52.0 Å². The van der Waals surface area contributed by atoms with Gasteiger partial charge < -0.3 is 9.73 Å². The monoisotopic (exact) mass is 222 g/mol. The molecule has 0 aliphatic heterocycles. The predicted molar refractivity (Wildman–Crippen MR) is 64.3 cm³/mol. The van der Waals surface area contributed by atoms with Crippen LogP contribution in [0.25, 0.3) is 0 Å². The van der Waals surface area contributed by atoms with Crippen molar-refractivity contribution in [3.63, 3.8) is 0 Å². The molecule has 16 heavy (non-hydrogen) atoms. The number of nitrogens with zero attached hydrogens (tertiary/aromatic N) is 1. The molecule has 2 rings (SSSR count). The highest BCUT2D eigenvalue weighted by Crippen LogP contribution is 2.35. The van der Waals surface area contributed by atoms with Gasteiger partial charge in [0.1, 0.15) is 5.76 Å². The summed E-state index contributed by atoms with van der Waals surface area (Å²) in [6.45, 7) is 6.14. The Balaban J connectivity index is 1.91. The molecule has 0 bridgehead atoms. The average molecular weight is 222 g/mol. The zero-order valence-corrected chi connectivity index (χ0v) is 10.3. The van der Waals surface area contributed by atoms with Crippen molar-refractivity contribution in [1.29, 1.82) is 0 Å². The quantitative estimate of drug-likeness (QED) is 0.850. The molecular formula is C13H22N2O. The molecular weight excluding hydrogens is 200 g/mol. The molecule has 3 heteroatoms. The minimum Gasteiger partial charge on any atom is -0.444 e. The van der Waals surface area contributed by atoms with Crippen LogP contribution < -0.4 is 5.32 Å². The molecule has 1 aromatic rings. The van der Waals surface area contributed by atoms with Crippen LogP contribution in [0.1, 0.15) is 57.1 Å². The van der Waals surface area contributed by atoms with E-state index in [0.717, 1.165) is 30.7 Å². The van der Waals surface area contributed by atoms with Crippen LogP contribution >= 0.6 is 0 Å². The van der Waals surface area contributed by atoms with Gasteiger partial charge in [0.2, 0.25) is 5.89 Å². The van der Waals surface area contributed by atoms with Crippen molar-refractivity contribution < 1.29 is 4.42 Å². The second-order valence-corrected chi connectivity index (χ2v) is 4.89. The first-order valence-corrected chi connectivity index (χ1v) is 6.45. The van der Waals surface area contributed by atoms with Crippen LogP contribution in [0.5, 0.6) is 0 Å². The topological polar surface area (TPSA) is 38.1 Å². The molecule has 0 aromatic carbocycles. The van der Waals surface area contributed by atoms with E-state index in [9.17, 15) is 0 Å². The van der Waals surface area contributed by atoms with Gasteiger partial charge in [-0.3, -0.25) is 0 Å². The van der Waals surface area contributed by atoms with E-state index < -0.39 is 0 Å². The lowest BCUT2D eigenvalue weighted by atomic mass is 9.82. The Labute approximate surface area is 97.6 Å². The lowest BCUT2D eigenvalue weighted by Crippen LogP contribution is -2.12. The maximum Gasteiger partial charge on any atom is 0.208 e. The Kier molecular flexibility index (Phi) is 3.99. The zero-order chi connectivity index (χ0) is 11.4. The third-order valence-corrected chi connectivity index (χ3v) is 3.52. The number of rotatable bonds is 4. The second kappa shape index (κ2) is 5.48. The van der Waals surface area contributed by atoms with Crippen molar-refractivity contribution in [2.24, 2.45) is 5.92 Å². The summed E-state index contributed by atoms with van der Waals surface area (Å²) in [5.41, 5.74) is 0. The standard InChI is InChI=1S/C13H22N2O/c1-3-14-9-13-15-8-12(16-13)11-6-4-10(2)5-7-11/h8,10-11,14H,3-7,9H2,1-2H3. The maximum absolute atomic E-state index is 5.79. The molecule has 0 amide bonds. The summed E-state index contributed by atoms with van der Waals surface area (Å²) in [5, 5.41) is 3.23. The van der Waals surface area contributed by atoms with Gasteiger partial charge in [0.25, 0.3) is 0 Å². The first kappa shape index (κ1) is 11.6. The fourth-order valence-electron chi connectivity index (χ4n) is 2.37. The van der Waals surface area contributed by atoms with Gasteiger partial charge in [-0.15, -0.1) is 0 Å². The van der Waals surface area contributed by atoms with Gasteiger partial charge in [0, 0.05) is 5.92 Å². The zero-order valence-electron chi connectivity index (χ0n) is 10.3. The predicted octanol–water partition coefficient (Wildman–Crippen LogP) is 3.08. The molecule has 1 heterocycles. The summed E-state index contributed by atoms with van der Waals surface area (Å²) in [6, 6.07) is 0. The highest BCUT2D eigenvalue weighted by molar-refractivity contribution is 5.03. The van der Waals surface area contributed by atoms with Crippen LogP contribution in [0.15, 0.2) is 10.6 Å². The molecule has 0 radical (unpaired) electrons. The summed E-state index contributed by atoms with van der Waals surface area (Å²) in [4.78, 5) is 4.32. The van der Waals surface area contributed by atoms with Gasteiger partial charge in [0.15, 0.2) is 0 Å². The second-order valence-electron chi connectivity index (χ2n) is 4.89. The average Bonchev–Trinajstić information content (AvgIpc) is 2.76. The Morgan fingerprint density at radius 3 is 2.81 bits per heavy atom. The molecule has 1 aromatic heterocycles. The fourth-order valence-corrected chi connectivity index (χ4v) is 2.37. The smallest absolute Gasteiger partial charge is 0.208 e. The van der Waals surface area contributed by atoms with Crippen molar-refractivity contribution in [1.82, 2.24) is 10.3 Å². The summed E-state index contributed by atoms with van der Waals surface area (Å²) < 4.78 is 5.79. The highest BCUT2D eigenvalue weighted by atomic mass is 16.4. The number of hydrogen-bond donors (Lipinski definition) is 1. The number of hydrogen-bond acceptors (Lipinski definition) is 3. The Hall–Kier alpha value is -0.830. The number of aromatic nitrogens is 1. The molecule has 0 saturated heterocycles.